The number of methoxy groups -OCH3 is 1. The minimum atomic E-state index is 0.545. The van der Waals surface area contributed by atoms with Crippen LogP contribution in [0.5, 0.6) is 11.5 Å². The summed E-state index contributed by atoms with van der Waals surface area (Å²) in [5.74, 6) is 1.63. The summed E-state index contributed by atoms with van der Waals surface area (Å²) in [5.41, 5.74) is 3.58. The van der Waals surface area contributed by atoms with Crippen molar-refractivity contribution in [1.29, 1.82) is 0 Å². The maximum Gasteiger partial charge on any atom is 0.166 e. The maximum atomic E-state index is 6.24. The van der Waals surface area contributed by atoms with Crippen LogP contribution in [0.2, 0.25) is 0 Å². The summed E-state index contributed by atoms with van der Waals surface area (Å²) in [6.07, 6.45) is 6.28. The third-order valence-corrected chi connectivity index (χ3v) is 5.71. The van der Waals surface area contributed by atoms with Crippen molar-refractivity contribution >= 4 is 0 Å². The fourth-order valence-electron chi connectivity index (χ4n) is 3.70. The molecule has 0 radical (unpaired) electrons. The predicted octanol–water partition coefficient (Wildman–Crippen LogP) is 5.96. The Bertz CT molecular complexity index is 740. The van der Waals surface area contributed by atoms with Gasteiger partial charge in [-0.05, 0) is 69.6 Å². The first-order chi connectivity index (χ1) is 15.2. The van der Waals surface area contributed by atoms with Crippen molar-refractivity contribution in [3.05, 3.63) is 59.2 Å². The minimum absolute atomic E-state index is 0.545. The minimum Gasteiger partial charge on any atom is -0.493 e. The van der Waals surface area contributed by atoms with E-state index in [4.69, 9.17) is 9.47 Å². The average Bonchev–Trinajstić information content (AvgIpc) is 2.79. The summed E-state index contributed by atoms with van der Waals surface area (Å²) in [4.78, 5) is 2.62. The quantitative estimate of drug-likeness (QED) is 0.336. The smallest absolute Gasteiger partial charge is 0.166 e. The molecule has 0 amide bonds. The summed E-state index contributed by atoms with van der Waals surface area (Å²) in [6, 6.07) is 14.5. The van der Waals surface area contributed by atoms with Gasteiger partial charge in [-0.15, -0.1) is 0 Å². The van der Waals surface area contributed by atoms with Crippen molar-refractivity contribution in [3.63, 3.8) is 0 Å². The number of ether oxygens (including phenoxy) is 2. The Morgan fingerprint density at radius 2 is 1.52 bits per heavy atom. The number of rotatable bonds is 16. The monoisotopic (exact) mass is 426 g/mol. The largest absolute Gasteiger partial charge is 0.493 e. The molecule has 0 aliphatic rings. The number of aryl methyl sites for hydroxylation is 1. The molecule has 0 bridgehead atoms. The van der Waals surface area contributed by atoms with Crippen molar-refractivity contribution < 1.29 is 9.47 Å². The highest BCUT2D eigenvalue weighted by atomic mass is 16.5. The molecule has 31 heavy (non-hydrogen) atoms. The first kappa shape index (κ1) is 25.2. The van der Waals surface area contributed by atoms with Gasteiger partial charge in [0.2, 0.25) is 0 Å². The zero-order valence-electron chi connectivity index (χ0n) is 20.1. The van der Waals surface area contributed by atoms with Gasteiger partial charge >= 0.3 is 0 Å². The maximum absolute atomic E-state index is 6.24. The molecule has 172 valence electrons. The summed E-state index contributed by atoms with van der Waals surface area (Å²) in [6.45, 7) is 12.6. The number of hydrogen-bond acceptors (Lipinski definition) is 4. The lowest BCUT2D eigenvalue weighted by molar-refractivity contribution is 0.260. The highest BCUT2D eigenvalue weighted by Gasteiger charge is 2.11. The molecule has 2 rings (SSSR count). The second-order valence-corrected chi connectivity index (χ2v) is 8.24. The number of para-hydroxylation sites is 1. The van der Waals surface area contributed by atoms with Gasteiger partial charge in [0.05, 0.1) is 7.11 Å². The Morgan fingerprint density at radius 3 is 2.19 bits per heavy atom. The highest BCUT2D eigenvalue weighted by Crippen LogP contribution is 2.32. The molecule has 2 aromatic rings. The number of unbranched alkanes of at least 4 members (excludes halogenated alkanes) is 2. The third-order valence-electron chi connectivity index (χ3n) is 5.71. The molecule has 0 saturated carbocycles. The number of nitrogens with zero attached hydrogens (tertiary/aromatic N) is 1. The molecular weight excluding hydrogens is 384 g/mol. The lowest BCUT2D eigenvalue weighted by Gasteiger charge is -2.22. The molecule has 2 aromatic carbocycles. The molecule has 0 spiro atoms. The van der Waals surface area contributed by atoms with Gasteiger partial charge in [0.1, 0.15) is 6.61 Å². The fourth-order valence-corrected chi connectivity index (χ4v) is 3.70. The Hall–Kier alpha value is -2.04. The zero-order chi connectivity index (χ0) is 22.3. The molecule has 0 aromatic heterocycles. The SMILES string of the molecule is CCCCN(CCCC)CCCNCc1cccc(OC)c1OCc1ccccc1C. The zero-order valence-corrected chi connectivity index (χ0v) is 20.1. The molecule has 0 saturated heterocycles. The van der Waals surface area contributed by atoms with Gasteiger partial charge < -0.3 is 19.7 Å². The van der Waals surface area contributed by atoms with E-state index < -0.39 is 0 Å². The van der Waals surface area contributed by atoms with Crippen LogP contribution in [0.1, 0.15) is 62.6 Å². The van der Waals surface area contributed by atoms with E-state index in [0.717, 1.165) is 36.6 Å². The van der Waals surface area contributed by atoms with Crippen LogP contribution in [0.15, 0.2) is 42.5 Å². The molecule has 0 atom stereocenters. The molecule has 0 aliphatic heterocycles. The van der Waals surface area contributed by atoms with E-state index >= 15 is 0 Å². The Labute approximate surface area is 189 Å². The van der Waals surface area contributed by atoms with Gasteiger partial charge in [0.15, 0.2) is 11.5 Å². The lowest BCUT2D eigenvalue weighted by atomic mass is 10.1. The molecular formula is C27H42N2O2. The van der Waals surface area contributed by atoms with Crippen LogP contribution in [-0.4, -0.2) is 38.2 Å². The topological polar surface area (TPSA) is 33.7 Å². The predicted molar refractivity (Wildman–Crippen MR) is 131 cm³/mol. The van der Waals surface area contributed by atoms with Crippen LogP contribution in [-0.2, 0) is 13.2 Å². The first-order valence-electron chi connectivity index (χ1n) is 12.0. The van der Waals surface area contributed by atoms with Gasteiger partial charge in [0, 0.05) is 12.1 Å². The van der Waals surface area contributed by atoms with Crippen molar-refractivity contribution in [1.82, 2.24) is 10.2 Å². The summed E-state index contributed by atoms with van der Waals surface area (Å²) >= 11 is 0. The van der Waals surface area contributed by atoms with Crippen LogP contribution in [0, 0.1) is 6.92 Å². The van der Waals surface area contributed by atoms with Crippen molar-refractivity contribution in [2.24, 2.45) is 0 Å². The third kappa shape index (κ3) is 8.92. The normalized spacial score (nSPS) is 11.1. The summed E-state index contributed by atoms with van der Waals surface area (Å²) < 4.78 is 11.8. The van der Waals surface area contributed by atoms with Gasteiger partial charge in [-0.3, -0.25) is 0 Å². The van der Waals surface area contributed by atoms with Gasteiger partial charge in [0.25, 0.3) is 0 Å². The molecule has 4 nitrogen and oxygen atoms in total. The number of hydrogen-bond donors (Lipinski definition) is 1. The second kappa shape index (κ2) is 14.9. The molecule has 0 fully saturated rings. The molecule has 0 unspecified atom stereocenters. The second-order valence-electron chi connectivity index (χ2n) is 8.24. The summed E-state index contributed by atoms with van der Waals surface area (Å²) in [7, 11) is 1.70. The van der Waals surface area contributed by atoms with Crippen LogP contribution >= 0.6 is 0 Å². The molecule has 1 N–H and O–H groups in total. The van der Waals surface area contributed by atoms with Crippen molar-refractivity contribution in [2.45, 2.75) is 66.0 Å². The van der Waals surface area contributed by atoms with E-state index in [1.165, 1.54) is 56.4 Å². The highest BCUT2D eigenvalue weighted by molar-refractivity contribution is 5.46. The van der Waals surface area contributed by atoms with E-state index in [1.54, 1.807) is 7.11 Å². The molecule has 4 heteroatoms. The summed E-state index contributed by atoms with van der Waals surface area (Å²) in [5, 5.41) is 3.61. The van der Waals surface area contributed by atoms with Gasteiger partial charge in [-0.2, -0.15) is 0 Å². The van der Waals surface area contributed by atoms with E-state index in [0.29, 0.717) is 6.61 Å². The van der Waals surface area contributed by atoms with E-state index in [9.17, 15) is 0 Å². The van der Waals surface area contributed by atoms with Crippen LogP contribution < -0.4 is 14.8 Å². The van der Waals surface area contributed by atoms with Gasteiger partial charge in [-0.25, -0.2) is 0 Å². The van der Waals surface area contributed by atoms with E-state index in [1.807, 2.05) is 12.1 Å². The number of benzene rings is 2. The van der Waals surface area contributed by atoms with Gasteiger partial charge in [-0.1, -0.05) is 63.1 Å². The van der Waals surface area contributed by atoms with E-state index in [-0.39, 0.29) is 0 Å². The Kier molecular flexibility index (Phi) is 12.1. The molecule has 0 aliphatic carbocycles. The Morgan fingerprint density at radius 1 is 0.839 bits per heavy atom. The van der Waals surface area contributed by atoms with Crippen molar-refractivity contribution in [2.75, 3.05) is 33.3 Å². The van der Waals surface area contributed by atoms with Crippen LogP contribution in [0.25, 0.3) is 0 Å². The van der Waals surface area contributed by atoms with E-state index in [2.05, 4.69) is 61.3 Å². The van der Waals surface area contributed by atoms with Crippen LogP contribution in [0.3, 0.4) is 0 Å². The van der Waals surface area contributed by atoms with Crippen LogP contribution in [0.4, 0.5) is 0 Å². The Balaban J connectivity index is 1.87. The number of nitrogens with one attached hydrogen (secondary N) is 1. The lowest BCUT2D eigenvalue weighted by Crippen LogP contribution is -2.29. The average molecular weight is 427 g/mol. The fraction of sp³-hybridized carbons (Fsp3) is 0.556. The first-order valence-corrected chi connectivity index (χ1v) is 12.0. The standard InChI is InChI=1S/C27H42N2O2/c1-5-7-18-29(19-8-6-2)20-12-17-28-21-24-15-11-16-26(30-4)27(24)31-22-25-14-10-9-13-23(25)3/h9-11,13-16,28H,5-8,12,17-22H2,1-4H3. The van der Waals surface area contributed by atoms with Crippen molar-refractivity contribution in [3.8, 4) is 11.5 Å². The molecule has 0 heterocycles.